The third-order valence-electron chi connectivity index (χ3n) is 3.57. The summed E-state index contributed by atoms with van der Waals surface area (Å²) >= 11 is 0. The molecule has 0 bridgehead atoms. The van der Waals surface area contributed by atoms with E-state index in [0.717, 1.165) is 24.5 Å². The lowest BCUT2D eigenvalue weighted by atomic mass is 10.2. The van der Waals surface area contributed by atoms with Crippen LogP contribution in [0.5, 0.6) is 5.75 Å². The van der Waals surface area contributed by atoms with Crippen LogP contribution in [-0.2, 0) is 0 Å². The van der Waals surface area contributed by atoms with Gasteiger partial charge in [-0.2, -0.15) is 0 Å². The maximum Gasteiger partial charge on any atom is 0.255 e. The van der Waals surface area contributed by atoms with E-state index in [1.807, 2.05) is 24.3 Å². The molecule has 0 fully saturated rings. The number of nitrogens with one attached hydrogen (secondary N) is 1. The number of unbranched alkanes of at least 4 members (excludes halogenated alkanes) is 4. The van der Waals surface area contributed by atoms with Gasteiger partial charge in [0.15, 0.2) is 0 Å². The fraction of sp³-hybridized carbons (Fsp3) is 0.368. The highest BCUT2D eigenvalue weighted by molar-refractivity contribution is 6.04. The molecular formula is C19H24N2O2. The zero-order chi connectivity index (χ0) is 16.3. The average molecular weight is 312 g/mol. The van der Waals surface area contributed by atoms with E-state index in [1.165, 1.54) is 25.7 Å². The van der Waals surface area contributed by atoms with Crippen LogP contribution < -0.4 is 10.1 Å². The van der Waals surface area contributed by atoms with Crippen molar-refractivity contribution < 1.29 is 9.53 Å². The lowest BCUT2D eigenvalue weighted by Gasteiger charge is -2.08. The smallest absolute Gasteiger partial charge is 0.255 e. The van der Waals surface area contributed by atoms with Crippen LogP contribution in [0.4, 0.5) is 5.69 Å². The topological polar surface area (TPSA) is 51.2 Å². The number of anilines is 1. The molecule has 2 rings (SSSR count). The Kier molecular flexibility index (Phi) is 7.11. The molecule has 0 saturated carbocycles. The van der Waals surface area contributed by atoms with Crippen LogP contribution in [0, 0.1) is 0 Å². The molecule has 1 amide bonds. The first-order valence-electron chi connectivity index (χ1n) is 8.24. The van der Waals surface area contributed by atoms with Crippen molar-refractivity contribution >= 4 is 11.6 Å². The van der Waals surface area contributed by atoms with Crippen LogP contribution in [0.25, 0.3) is 0 Å². The van der Waals surface area contributed by atoms with Crippen molar-refractivity contribution in [3.63, 3.8) is 0 Å². The SMILES string of the molecule is CCCCCCCOc1ccc(NC(=O)c2ccncc2)cc1. The number of ether oxygens (including phenoxy) is 1. The second-order valence-corrected chi connectivity index (χ2v) is 5.48. The molecule has 4 heteroatoms. The first-order valence-corrected chi connectivity index (χ1v) is 8.24. The van der Waals surface area contributed by atoms with E-state index in [4.69, 9.17) is 4.74 Å². The minimum Gasteiger partial charge on any atom is -0.494 e. The molecule has 1 heterocycles. The van der Waals surface area contributed by atoms with Gasteiger partial charge in [-0.05, 0) is 42.8 Å². The Morgan fingerprint density at radius 2 is 1.70 bits per heavy atom. The maximum atomic E-state index is 12.0. The van der Waals surface area contributed by atoms with Crippen molar-refractivity contribution in [2.45, 2.75) is 39.0 Å². The third-order valence-corrected chi connectivity index (χ3v) is 3.57. The predicted molar refractivity (Wildman–Crippen MR) is 92.9 cm³/mol. The van der Waals surface area contributed by atoms with E-state index < -0.39 is 0 Å². The summed E-state index contributed by atoms with van der Waals surface area (Å²) in [5, 5.41) is 2.85. The summed E-state index contributed by atoms with van der Waals surface area (Å²) in [6.07, 6.45) is 9.34. The lowest BCUT2D eigenvalue weighted by molar-refractivity contribution is 0.102. The van der Waals surface area contributed by atoms with Crippen LogP contribution in [0.1, 0.15) is 49.4 Å². The summed E-state index contributed by atoms with van der Waals surface area (Å²) in [6.45, 7) is 2.96. The number of nitrogens with zero attached hydrogens (tertiary/aromatic N) is 1. The summed E-state index contributed by atoms with van der Waals surface area (Å²) in [6, 6.07) is 10.8. The Balaban J connectivity index is 1.75. The minimum absolute atomic E-state index is 0.142. The highest BCUT2D eigenvalue weighted by Gasteiger charge is 2.05. The van der Waals surface area contributed by atoms with Crippen LogP contribution in [0.15, 0.2) is 48.8 Å². The van der Waals surface area contributed by atoms with Gasteiger partial charge in [-0.1, -0.05) is 32.6 Å². The molecule has 4 nitrogen and oxygen atoms in total. The van der Waals surface area contributed by atoms with Crippen LogP contribution in [-0.4, -0.2) is 17.5 Å². The molecule has 0 saturated heterocycles. The van der Waals surface area contributed by atoms with E-state index in [9.17, 15) is 4.79 Å². The molecule has 0 aliphatic heterocycles. The van der Waals surface area contributed by atoms with Gasteiger partial charge in [0, 0.05) is 23.6 Å². The number of amides is 1. The van der Waals surface area contributed by atoms with Crippen molar-refractivity contribution in [2.24, 2.45) is 0 Å². The number of hydrogen-bond donors (Lipinski definition) is 1. The summed E-state index contributed by atoms with van der Waals surface area (Å²) in [7, 11) is 0. The van der Waals surface area contributed by atoms with E-state index in [-0.39, 0.29) is 5.91 Å². The molecule has 0 aliphatic rings. The molecule has 0 atom stereocenters. The second-order valence-electron chi connectivity index (χ2n) is 5.48. The Morgan fingerprint density at radius 1 is 1.00 bits per heavy atom. The average Bonchev–Trinajstić information content (AvgIpc) is 2.60. The number of benzene rings is 1. The normalized spacial score (nSPS) is 10.3. The molecule has 0 spiro atoms. The standard InChI is InChI=1S/C19H24N2O2/c1-2-3-4-5-6-15-23-18-9-7-17(8-10-18)21-19(22)16-11-13-20-14-12-16/h7-14H,2-6,15H2,1H3,(H,21,22). The Hall–Kier alpha value is -2.36. The molecule has 23 heavy (non-hydrogen) atoms. The Bertz CT molecular complexity index is 582. The van der Waals surface area contributed by atoms with E-state index in [2.05, 4.69) is 17.2 Å². The number of aromatic nitrogens is 1. The Labute approximate surface area is 137 Å². The third kappa shape index (κ3) is 6.10. The first-order chi connectivity index (χ1) is 11.3. The van der Waals surface area contributed by atoms with Gasteiger partial charge in [-0.3, -0.25) is 9.78 Å². The summed E-state index contributed by atoms with van der Waals surface area (Å²) in [5.74, 6) is 0.694. The largest absolute Gasteiger partial charge is 0.494 e. The quantitative estimate of drug-likeness (QED) is 0.684. The van der Waals surface area contributed by atoms with Gasteiger partial charge in [0.1, 0.15) is 5.75 Å². The number of hydrogen-bond acceptors (Lipinski definition) is 3. The number of pyridine rings is 1. The van der Waals surface area contributed by atoms with Crippen molar-refractivity contribution in [2.75, 3.05) is 11.9 Å². The van der Waals surface area contributed by atoms with Gasteiger partial charge in [0.05, 0.1) is 6.61 Å². The van der Waals surface area contributed by atoms with Crippen molar-refractivity contribution in [3.05, 3.63) is 54.4 Å². The molecule has 1 aromatic carbocycles. The van der Waals surface area contributed by atoms with Gasteiger partial charge >= 0.3 is 0 Å². The highest BCUT2D eigenvalue weighted by atomic mass is 16.5. The molecule has 2 aromatic rings. The van der Waals surface area contributed by atoms with Crippen LogP contribution in [0.3, 0.4) is 0 Å². The minimum atomic E-state index is -0.142. The van der Waals surface area contributed by atoms with Crippen LogP contribution in [0.2, 0.25) is 0 Å². The van der Waals surface area contributed by atoms with Crippen molar-refractivity contribution in [3.8, 4) is 5.75 Å². The second kappa shape index (κ2) is 9.62. The fourth-order valence-electron chi connectivity index (χ4n) is 2.24. The van der Waals surface area contributed by atoms with E-state index >= 15 is 0 Å². The Morgan fingerprint density at radius 3 is 2.39 bits per heavy atom. The molecular weight excluding hydrogens is 288 g/mol. The molecule has 122 valence electrons. The fourth-order valence-corrected chi connectivity index (χ4v) is 2.24. The zero-order valence-electron chi connectivity index (χ0n) is 13.6. The number of carbonyl (C=O) groups excluding carboxylic acids is 1. The summed E-state index contributed by atoms with van der Waals surface area (Å²) in [4.78, 5) is 15.9. The van der Waals surface area contributed by atoms with Gasteiger partial charge < -0.3 is 10.1 Å². The molecule has 0 aliphatic carbocycles. The zero-order valence-corrected chi connectivity index (χ0v) is 13.6. The number of carbonyl (C=O) groups is 1. The van der Waals surface area contributed by atoms with Gasteiger partial charge in [-0.15, -0.1) is 0 Å². The molecule has 1 aromatic heterocycles. The summed E-state index contributed by atoms with van der Waals surface area (Å²) < 4.78 is 5.71. The maximum absolute atomic E-state index is 12.0. The van der Waals surface area contributed by atoms with Crippen molar-refractivity contribution in [1.29, 1.82) is 0 Å². The van der Waals surface area contributed by atoms with E-state index in [0.29, 0.717) is 5.56 Å². The lowest BCUT2D eigenvalue weighted by Crippen LogP contribution is -2.11. The first kappa shape index (κ1) is 17.0. The van der Waals surface area contributed by atoms with Crippen molar-refractivity contribution in [1.82, 2.24) is 4.98 Å². The van der Waals surface area contributed by atoms with E-state index in [1.54, 1.807) is 24.5 Å². The monoisotopic (exact) mass is 312 g/mol. The highest BCUT2D eigenvalue weighted by Crippen LogP contribution is 2.17. The molecule has 0 radical (unpaired) electrons. The number of rotatable bonds is 9. The van der Waals surface area contributed by atoms with Gasteiger partial charge in [0.25, 0.3) is 5.91 Å². The van der Waals surface area contributed by atoms with Gasteiger partial charge in [0.2, 0.25) is 0 Å². The molecule has 0 unspecified atom stereocenters. The molecule has 1 N–H and O–H groups in total. The van der Waals surface area contributed by atoms with Gasteiger partial charge in [-0.25, -0.2) is 0 Å². The summed E-state index contributed by atoms with van der Waals surface area (Å²) in [5.41, 5.74) is 1.34. The predicted octanol–water partition coefficient (Wildman–Crippen LogP) is 4.68. The van der Waals surface area contributed by atoms with Crippen LogP contribution >= 0.6 is 0 Å².